The highest BCUT2D eigenvalue weighted by atomic mass is 32.1. The van der Waals surface area contributed by atoms with E-state index in [0.29, 0.717) is 5.56 Å². The molecule has 0 aliphatic heterocycles. The van der Waals surface area contributed by atoms with Crippen LogP contribution in [0.15, 0.2) is 41.8 Å². The molecule has 0 saturated heterocycles. The minimum absolute atomic E-state index is 0.242. The van der Waals surface area contributed by atoms with Crippen LogP contribution in [0, 0.1) is 0 Å². The van der Waals surface area contributed by atoms with E-state index in [1.54, 1.807) is 11.3 Å². The molecular formula is C23H20N2O3S. The first kappa shape index (κ1) is 18.1. The van der Waals surface area contributed by atoms with Crippen LogP contribution >= 0.6 is 11.3 Å². The molecule has 0 bridgehead atoms. The van der Waals surface area contributed by atoms with E-state index in [0.717, 1.165) is 53.4 Å². The number of pyridine rings is 1. The largest absolute Gasteiger partial charge is 0.452 e. The van der Waals surface area contributed by atoms with E-state index in [1.165, 1.54) is 4.88 Å². The van der Waals surface area contributed by atoms with Crippen LogP contribution in [0.1, 0.15) is 45.8 Å². The van der Waals surface area contributed by atoms with Gasteiger partial charge in [0.05, 0.1) is 16.8 Å². The van der Waals surface area contributed by atoms with Crippen molar-refractivity contribution in [2.24, 2.45) is 0 Å². The third-order valence-electron chi connectivity index (χ3n) is 5.28. The number of rotatable bonds is 5. The molecule has 2 heterocycles. The molecule has 1 amide bonds. The van der Waals surface area contributed by atoms with Gasteiger partial charge in [0, 0.05) is 16.3 Å². The second-order valence-corrected chi connectivity index (χ2v) is 8.41. The summed E-state index contributed by atoms with van der Waals surface area (Å²) >= 11 is 1.68. The molecule has 2 aliphatic rings. The Bertz CT molecular complexity index is 1130. The van der Waals surface area contributed by atoms with E-state index < -0.39 is 5.97 Å². The zero-order valence-electron chi connectivity index (χ0n) is 15.8. The summed E-state index contributed by atoms with van der Waals surface area (Å²) in [6.45, 7) is -0.251. The molecule has 5 nitrogen and oxygen atoms in total. The number of allylic oxidation sites excluding steroid dienone is 1. The maximum Gasteiger partial charge on any atom is 0.339 e. The number of hydrogen-bond acceptors (Lipinski definition) is 5. The Kier molecular flexibility index (Phi) is 4.64. The van der Waals surface area contributed by atoms with Gasteiger partial charge in [0.1, 0.15) is 0 Å². The molecule has 1 N–H and O–H groups in total. The lowest BCUT2D eigenvalue weighted by molar-refractivity contribution is -0.124. The van der Waals surface area contributed by atoms with E-state index >= 15 is 0 Å². The van der Waals surface area contributed by atoms with Gasteiger partial charge in [-0.05, 0) is 60.4 Å². The van der Waals surface area contributed by atoms with Crippen molar-refractivity contribution >= 4 is 45.8 Å². The second-order valence-electron chi connectivity index (χ2n) is 7.43. The Labute approximate surface area is 172 Å². The van der Waals surface area contributed by atoms with Crippen molar-refractivity contribution in [2.45, 2.75) is 31.7 Å². The van der Waals surface area contributed by atoms with Crippen molar-refractivity contribution in [1.82, 2.24) is 10.3 Å². The minimum Gasteiger partial charge on any atom is -0.452 e. The molecule has 2 aliphatic carbocycles. The number of hydrogen-bond donors (Lipinski definition) is 1. The fourth-order valence-electron chi connectivity index (χ4n) is 3.76. The number of ether oxygens (including phenoxy) is 1. The monoisotopic (exact) mass is 404 g/mol. The first-order valence-corrected chi connectivity index (χ1v) is 10.7. The van der Waals surface area contributed by atoms with Gasteiger partial charge < -0.3 is 10.1 Å². The van der Waals surface area contributed by atoms with Crippen LogP contribution in [0.3, 0.4) is 0 Å². The summed E-state index contributed by atoms with van der Waals surface area (Å²) in [6.07, 6.45) is 5.72. The number of nitrogens with one attached hydrogen (secondary N) is 1. The fraction of sp³-hybridized carbons (Fsp3) is 0.261. The number of thiophene rings is 1. The topological polar surface area (TPSA) is 68.3 Å². The summed E-state index contributed by atoms with van der Waals surface area (Å²) in [7, 11) is 0. The van der Waals surface area contributed by atoms with E-state index in [9.17, 15) is 9.59 Å². The van der Waals surface area contributed by atoms with Crippen molar-refractivity contribution in [3.63, 3.8) is 0 Å². The molecule has 0 spiro atoms. The van der Waals surface area contributed by atoms with Crippen LogP contribution in [-0.4, -0.2) is 29.5 Å². The number of carbonyl (C=O) groups is 2. The Morgan fingerprint density at radius 1 is 1.17 bits per heavy atom. The van der Waals surface area contributed by atoms with Crippen molar-refractivity contribution in [3.05, 3.63) is 63.5 Å². The number of aromatic nitrogens is 1. The Morgan fingerprint density at radius 2 is 2.03 bits per heavy atom. The summed E-state index contributed by atoms with van der Waals surface area (Å²) in [4.78, 5) is 31.0. The molecular weight excluding hydrogens is 384 g/mol. The van der Waals surface area contributed by atoms with E-state index in [1.807, 2.05) is 35.7 Å². The van der Waals surface area contributed by atoms with Crippen LogP contribution in [-0.2, 0) is 16.0 Å². The number of benzene rings is 1. The SMILES string of the molecule is O=C(COC(=O)c1c2c(nc3ccccc13)/C(=C/c1cccs1)CC2)NC1CC1. The van der Waals surface area contributed by atoms with E-state index in [4.69, 9.17) is 9.72 Å². The summed E-state index contributed by atoms with van der Waals surface area (Å²) in [5.74, 6) is -0.697. The number of para-hydroxylation sites is 1. The highest BCUT2D eigenvalue weighted by Gasteiger charge is 2.28. The first-order chi connectivity index (χ1) is 14.2. The van der Waals surface area contributed by atoms with E-state index in [-0.39, 0.29) is 18.6 Å². The first-order valence-electron chi connectivity index (χ1n) is 9.81. The summed E-state index contributed by atoms with van der Waals surface area (Å²) in [5.41, 5.74) is 4.22. The van der Waals surface area contributed by atoms with Crippen LogP contribution in [0.5, 0.6) is 0 Å². The molecule has 1 aromatic carbocycles. The molecule has 1 fully saturated rings. The molecule has 146 valence electrons. The van der Waals surface area contributed by atoms with Gasteiger partial charge in [-0.3, -0.25) is 4.79 Å². The molecule has 0 atom stereocenters. The zero-order valence-corrected chi connectivity index (χ0v) is 16.6. The fourth-order valence-corrected chi connectivity index (χ4v) is 4.44. The Balaban J connectivity index is 1.50. The third kappa shape index (κ3) is 3.68. The van der Waals surface area contributed by atoms with Gasteiger partial charge in [0.25, 0.3) is 5.91 Å². The van der Waals surface area contributed by atoms with Gasteiger partial charge in [-0.25, -0.2) is 9.78 Å². The zero-order chi connectivity index (χ0) is 19.8. The number of fused-ring (bicyclic) bond motifs is 2. The molecule has 0 unspecified atom stereocenters. The molecule has 1 saturated carbocycles. The molecule has 3 aromatic rings. The van der Waals surface area contributed by atoms with E-state index in [2.05, 4.69) is 17.5 Å². The molecule has 5 rings (SSSR count). The van der Waals surface area contributed by atoms with Gasteiger partial charge in [0.15, 0.2) is 6.61 Å². The minimum atomic E-state index is -0.455. The number of amides is 1. The van der Waals surface area contributed by atoms with Crippen molar-refractivity contribution in [3.8, 4) is 0 Å². The van der Waals surface area contributed by atoms with Gasteiger partial charge in [-0.2, -0.15) is 0 Å². The number of nitrogens with zero attached hydrogens (tertiary/aromatic N) is 1. The van der Waals surface area contributed by atoms with Crippen molar-refractivity contribution in [1.29, 1.82) is 0 Å². The lowest BCUT2D eigenvalue weighted by Gasteiger charge is -2.12. The summed E-state index contributed by atoms with van der Waals surface area (Å²) in [5, 5.41) is 5.67. The highest BCUT2D eigenvalue weighted by molar-refractivity contribution is 7.10. The maximum atomic E-state index is 13.0. The Morgan fingerprint density at radius 3 is 2.83 bits per heavy atom. The summed E-state index contributed by atoms with van der Waals surface area (Å²) in [6, 6.07) is 12.0. The lowest BCUT2D eigenvalue weighted by Crippen LogP contribution is -2.30. The highest BCUT2D eigenvalue weighted by Crippen LogP contribution is 2.38. The van der Waals surface area contributed by atoms with Crippen LogP contribution in [0.4, 0.5) is 0 Å². The van der Waals surface area contributed by atoms with Gasteiger partial charge in [-0.15, -0.1) is 11.3 Å². The molecule has 2 aromatic heterocycles. The van der Waals surface area contributed by atoms with Gasteiger partial charge in [-0.1, -0.05) is 24.3 Å². The smallest absolute Gasteiger partial charge is 0.339 e. The molecule has 29 heavy (non-hydrogen) atoms. The normalized spacial score (nSPS) is 16.8. The molecule has 6 heteroatoms. The predicted molar refractivity (Wildman–Crippen MR) is 114 cm³/mol. The molecule has 0 radical (unpaired) electrons. The average molecular weight is 404 g/mol. The maximum absolute atomic E-state index is 13.0. The standard InChI is InChI=1S/C23H20N2O3S/c26-20(24-15-8-9-15)13-28-23(27)21-17-5-1-2-6-19(17)25-22-14(7-10-18(21)22)12-16-4-3-11-29-16/h1-6,11-12,15H,7-10,13H2,(H,24,26)/b14-12+. The van der Waals surface area contributed by atoms with Gasteiger partial charge in [0.2, 0.25) is 0 Å². The lowest BCUT2D eigenvalue weighted by atomic mass is 10.0. The van der Waals surface area contributed by atoms with Crippen molar-refractivity contribution in [2.75, 3.05) is 6.61 Å². The van der Waals surface area contributed by atoms with Crippen LogP contribution in [0.2, 0.25) is 0 Å². The Hall–Kier alpha value is -2.99. The predicted octanol–water partition coefficient (Wildman–Crippen LogP) is 4.22. The van der Waals surface area contributed by atoms with Crippen molar-refractivity contribution < 1.29 is 14.3 Å². The number of carbonyl (C=O) groups excluding carboxylic acids is 2. The third-order valence-corrected chi connectivity index (χ3v) is 6.10. The number of esters is 1. The average Bonchev–Trinajstić information content (AvgIpc) is 3.22. The second kappa shape index (κ2) is 7.44. The summed E-state index contributed by atoms with van der Waals surface area (Å²) < 4.78 is 5.40. The van der Waals surface area contributed by atoms with Crippen LogP contribution < -0.4 is 5.32 Å². The van der Waals surface area contributed by atoms with Gasteiger partial charge >= 0.3 is 5.97 Å². The van der Waals surface area contributed by atoms with Crippen LogP contribution in [0.25, 0.3) is 22.6 Å². The quantitative estimate of drug-likeness (QED) is 0.647.